The van der Waals surface area contributed by atoms with E-state index < -0.39 is 39.8 Å². The number of halogens is 1. The van der Waals surface area contributed by atoms with E-state index >= 15 is 0 Å². The molecule has 1 unspecified atom stereocenters. The van der Waals surface area contributed by atoms with E-state index in [-0.39, 0.29) is 17.9 Å². The minimum absolute atomic E-state index is 0.0194. The van der Waals surface area contributed by atoms with Gasteiger partial charge in [-0.1, -0.05) is 12.1 Å². The summed E-state index contributed by atoms with van der Waals surface area (Å²) in [7, 11) is -3.45. The molecule has 1 fully saturated rings. The number of carboxylic acids is 1. The molecular formula is C14H17FN2O5S. The van der Waals surface area contributed by atoms with Crippen LogP contribution in [0.1, 0.15) is 18.9 Å². The van der Waals surface area contributed by atoms with Crippen LogP contribution in [-0.2, 0) is 25.2 Å². The third-order valence-electron chi connectivity index (χ3n) is 3.76. The van der Waals surface area contributed by atoms with Crippen LogP contribution in [0.2, 0.25) is 0 Å². The minimum Gasteiger partial charge on any atom is -0.479 e. The number of carbonyl (C=O) groups is 2. The molecule has 126 valence electrons. The molecular weight excluding hydrogens is 327 g/mol. The number of amides is 1. The van der Waals surface area contributed by atoms with Gasteiger partial charge < -0.3 is 10.4 Å². The van der Waals surface area contributed by atoms with Gasteiger partial charge in [-0.05, 0) is 31.0 Å². The highest BCUT2D eigenvalue weighted by Gasteiger charge is 2.38. The quantitative estimate of drug-likeness (QED) is 0.798. The highest BCUT2D eigenvalue weighted by Crippen LogP contribution is 2.22. The SMILES string of the molecule is CC(NC(=O)CN1CCCS1(=O)=O)(C(=O)O)c1ccc(F)cc1. The summed E-state index contributed by atoms with van der Waals surface area (Å²) >= 11 is 0. The third kappa shape index (κ3) is 3.67. The molecule has 9 heteroatoms. The smallest absolute Gasteiger partial charge is 0.333 e. The van der Waals surface area contributed by atoms with Crippen molar-refractivity contribution in [2.75, 3.05) is 18.8 Å². The van der Waals surface area contributed by atoms with Crippen molar-refractivity contribution >= 4 is 21.9 Å². The summed E-state index contributed by atoms with van der Waals surface area (Å²) in [5, 5.41) is 11.8. The van der Waals surface area contributed by atoms with Gasteiger partial charge in [0.15, 0.2) is 5.54 Å². The number of hydrogen-bond donors (Lipinski definition) is 2. The Bertz CT molecular complexity index is 719. The molecule has 1 amide bonds. The summed E-state index contributed by atoms with van der Waals surface area (Å²) in [5.74, 6) is -2.61. The van der Waals surface area contributed by atoms with Crippen molar-refractivity contribution in [3.05, 3.63) is 35.6 Å². The minimum atomic E-state index is -3.45. The Balaban J connectivity index is 2.17. The Kier molecular flexibility index (Phi) is 4.71. The maximum Gasteiger partial charge on any atom is 0.333 e. The molecule has 0 radical (unpaired) electrons. The Hall–Kier alpha value is -2.00. The average molecular weight is 344 g/mol. The molecule has 2 rings (SSSR count). The topological polar surface area (TPSA) is 104 Å². The number of sulfonamides is 1. The van der Waals surface area contributed by atoms with Gasteiger partial charge in [-0.15, -0.1) is 0 Å². The number of nitrogens with one attached hydrogen (secondary N) is 1. The van der Waals surface area contributed by atoms with Crippen LogP contribution >= 0.6 is 0 Å². The van der Waals surface area contributed by atoms with E-state index in [1.54, 1.807) is 0 Å². The van der Waals surface area contributed by atoms with Crippen molar-refractivity contribution < 1.29 is 27.5 Å². The van der Waals surface area contributed by atoms with Gasteiger partial charge in [0.25, 0.3) is 0 Å². The first-order valence-electron chi connectivity index (χ1n) is 6.93. The van der Waals surface area contributed by atoms with E-state index in [2.05, 4.69) is 5.32 Å². The van der Waals surface area contributed by atoms with Crippen molar-refractivity contribution in [2.24, 2.45) is 0 Å². The first kappa shape index (κ1) is 17.4. The van der Waals surface area contributed by atoms with Gasteiger partial charge in [0.1, 0.15) is 5.82 Å². The van der Waals surface area contributed by atoms with E-state index in [0.717, 1.165) is 16.4 Å². The van der Waals surface area contributed by atoms with Crippen molar-refractivity contribution in [2.45, 2.75) is 18.9 Å². The van der Waals surface area contributed by atoms with Crippen LogP contribution in [0.4, 0.5) is 4.39 Å². The molecule has 0 saturated carbocycles. The van der Waals surface area contributed by atoms with Gasteiger partial charge >= 0.3 is 5.97 Å². The fourth-order valence-corrected chi connectivity index (χ4v) is 3.85. The summed E-state index contributed by atoms with van der Waals surface area (Å²) < 4.78 is 37.4. The first-order chi connectivity index (χ1) is 10.6. The van der Waals surface area contributed by atoms with Gasteiger partial charge in [-0.2, -0.15) is 4.31 Å². The Morgan fingerprint density at radius 1 is 1.35 bits per heavy atom. The fraction of sp³-hybridized carbons (Fsp3) is 0.429. The van der Waals surface area contributed by atoms with Crippen LogP contribution < -0.4 is 5.32 Å². The highest BCUT2D eigenvalue weighted by molar-refractivity contribution is 7.89. The molecule has 1 atom stereocenters. The number of rotatable bonds is 5. The maximum atomic E-state index is 13.0. The Labute approximate surface area is 133 Å². The molecule has 23 heavy (non-hydrogen) atoms. The van der Waals surface area contributed by atoms with Crippen molar-refractivity contribution in [1.29, 1.82) is 0 Å². The maximum absolute atomic E-state index is 13.0. The van der Waals surface area contributed by atoms with Crippen LogP contribution in [0.25, 0.3) is 0 Å². The van der Waals surface area contributed by atoms with E-state index in [9.17, 15) is 27.5 Å². The zero-order valence-corrected chi connectivity index (χ0v) is 13.3. The molecule has 1 aromatic carbocycles. The number of nitrogens with zero attached hydrogens (tertiary/aromatic N) is 1. The number of carboxylic acid groups (broad SMARTS) is 1. The summed E-state index contributed by atoms with van der Waals surface area (Å²) in [6.07, 6.45) is 0.434. The van der Waals surface area contributed by atoms with Gasteiger partial charge in [0.05, 0.1) is 12.3 Å². The summed E-state index contributed by atoms with van der Waals surface area (Å²) in [4.78, 5) is 23.7. The first-order valence-corrected chi connectivity index (χ1v) is 8.54. The van der Waals surface area contributed by atoms with Crippen molar-refractivity contribution in [3.63, 3.8) is 0 Å². The average Bonchev–Trinajstić information content (AvgIpc) is 2.78. The number of benzene rings is 1. The van der Waals surface area contributed by atoms with Crippen LogP contribution in [0.15, 0.2) is 24.3 Å². The monoisotopic (exact) mass is 344 g/mol. The molecule has 0 aromatic heterocycles. The second kappa shape index (κ2) is 6.25. The van der Waals surface area contributed by atoms with Gasteiger partial charge in [0, 0.05) is 6.54 Å². The highest BCUT2D eigenvalue weighted by atomic mass is 32.2. The normalized spacial score (nSPS) is 19.9. The lowest BCUT2D eigenvalue weighted by Gasteiger charge is -2.27. The Morgan fingerprint density at radius 2 is 1.96 bits per heavy atom. The van der Waals surface area contributed by atoms with Crippen molar-refractivity contribution in [1.82, 2.24) is 9.62 Å². The lowest BCUT2D eigenvalue weighted by Crippen LogP contribution is -2.52. The number of hydrogen-bond acceptors (Lipinski definition) is 4. The van der Waals surface area contributed by atoms with Crippen molar-refractivity contribution in [3.8, 4) is 0 Å². The van der Waals surface area contributed by atoms with Gasteiger partial charge in [0.2, 0.25) is 15.9 Å². The zero-order chi connectivity index (χ0) is 17.3. The molecule has 2 N–H and O–H groups in total. The zero-order valence-electron chi connectivity index (χ0n) is 12.5. The molecule has 0 spiro atoms. The largest absolute Gasteiger partial charge is 0.479 e. The molecule has 1 aliphatic rings. The van der Waals surface area contributed by atoms with Gasteiger partial charge in [-0.25, -0.2) is 17.6 Å². The lowest BCUT2D eigenvalue weighted by molar-refractivity contribution is -0.147. The molecule has 1 aromatic rings. The predicted molar refractivity (Wildman–Crippen MR) is 79.5 cm³/mol. The van der Waals surface area contributed by atoms with Crippen LogP contribution in [0, 0.1) is 5.82 Å². The summed E-state index contributed by atoms with van der Waals surface area (Å²) in [5.41, 5.74) is -1.60. The number of aliphatic carboxylic acids is 1. The summed E-state index contributed by atoms with van der Waals surface area (Å²) in [6.45, 7) is 1.06. The summed E-state index contributed by atoms with van der Waals surface area (Å²) in [6, 6.07) is 4.70. The van der Waals surface area contributed by atoms with Gasteiger partial charge in [-0.3, -0.25) is 4.79 Å². The fourth-order valence-electron chi connectivity index (χ4n) is 2.38. The molecule has 1 heterocycles. The second-order valence-corrected chi connectivity index (χ2v) is 7.58. The second-order valence-electron chi connectivity index (χ2n) is 5.49. The van der Waals surface area contributed by atoms with E-state index in [0.29, 0.717) is 6.42 Å². The molecule has 1 saturated heterocycles. The molecule has 7 nitrogen and oxygen atoms in total. The standard InChI is InChI=1S/C14H17FN2O5S/c1-14(13(19)20,10-3-5-11(15)6-4-10)16-12(18)9-17-7-2-8-23(17,21)22/h3-6H,2,7-9H2,1H3,(H,16,18)(H,19,20). The van der Waals surface area contributed by atoms with E-state index in [4.69, 9.17) is 0 Å². The van der Waals surface area contributed by atoms with E-state index in [1.807, 2.05) is 0 Å². The molecule has 0 bridgehead atoms. The van der Waals surface area contributed by atoms with Crippen LogP contribution in [0.5, 0.6) is 0 Å². The van der Waals surface area contributed by atoms with E-state index in [1.165, 1.54) is 19.1 Å². The predicted octanol–water partition coefficient (Wildman–Crippen LogP) is 0.277. The molecule has 1 aliphatic heterocycles. The molecule has 0 aliphatic carbocycles. The third-order valence-corrected chi connectivity index (χ3v) is 5.66. The lowest BCUT2D eigenvalue weighted by atomic mass is 9.92. The van der Waals surface area contributed by atoms with Crippen LogP contribution in [0.3, 0.4) is 0 Å². The number of carbonyl (C=O) groups excluding carboxylic acids is 1. The Morgan fingerprint density at radius 3 is 2.43 bits per heavy atom. The van der Waals surface area contributed by atoms with Crippen LogP contribution in [-0.4, -0.2) is 48.5 Å².